The third kappa shape index (κ3) is 5.06. The fourth-order valence-electron chi connectivity index (χ4n) is 3.88. The Morgan fingerprint density at radius 1 is 0.818 bits per heavy atom. The van der Waals surface area contributed by atoms with Gasteiger partial charge in [0, 0.05) is 37.9 Å². The SMILES string of the molecule is COc1ccccc1NC(=O)Cn1cccc1C(=O)N1CCN(C(=O)c2ccccc2)CC1. The zero-order chi connectivity index (χ0) is 23.2. The summed E-state index contributed by atoms with van der Waals surface area (Å²) in [7, 11) is 1.54. The summed E-state index contributed by atoms with van der Waals surface area (Å²) in [5.74, 6) is 0.122. The van der Waals surface area contributed by atoms with Crippen LogP contribution in [-0.2, 0) is 11.3 Å². The van der Waals surface area contributed by atoms with Crippen molar-refractivity contribution in [2.24, 2.45) is 0 Å². The number of piperazine rings is 1. The van der Waals surface area contributed by atoms with Crippen molar-refractivity contribution >= 4 is 23.4 Å². The van der Waals surface area contributed by atoms with Crippen molar-refractivity contribution in [2.75, 3.05) is 38.6 Å². The largest absolute Gasteiger partial charge is 0.495 e. The Labute approximate surface area is 192 Å². The number of aromatic nitrogens is 1. The first-order chi connectivity index (χ1) is 16.1. The second kappa shape index (κ2) is 10.0. The Morgan fingerprint density at radius 2 is 1.45 bits per heavy atom. The van der Waals surface area contributed by atoms with Crippen LogP contribution < -0.4 is 10.1 Å². The lowest BCUT2D eigenvalue weighted by Gasteiger charge is -2.35. The van der Waals surface area contributed by atoms with Crippen LogP contribution in [0.15, 0.2) is 72.9 Å². The lowest BCUT2D eigenvalue weighted by Crippen LogP contribution is -2.51. The summed E-state index contributed by atoms with van der Waals surface area (Å²) in [4.78, 5) is 41.8. The van der Waals surface area contributed by atoms with Gasteiger partial charge in [0.2, 0.25) is 5.91 Å². The van der Waals surface area contributed by atoms with Crippen molar-refractivity contribution in [3.8, 4) is 5.75 Å². The molecule has 1 aromatic heterocycles. The minimum absolute atomic E-state index is 0.00141. The molecule has 170 valence electrons. The van der Waals surface area contributed by atoms with E-state index in [2.05, 4.69) is 5.32 Å². The fourth-order valence-corrected chi connectivity index (χ4v) is 3.88. The van der Waals surface area contributed by atoms with E-state index in [0.717, 1.165) is 0 Å². The maximum atomic E-state index is 13.1. The molecule has 0 bridgehead atoms. The summed E-state index contributed by atoms with van der Waals surface area (Å²) < 4.78 is 6.90. The van der Waals surface area contributed by atoms with Crippen LogP contribution in [0.25, 0.3) is 0 Å². The summed E-state index contributed by atoms with van der Waals surface area (Å²) in [6.07, 6.45) is 1.71. The number of anilines is 1. The van der Waals surface area contributed by atoms with Crippen LogP contribution in [0.1, 0.15) is 20.8 Å². The van der Waals surface area contributed by atoms with E-state index in [9.17, 15) is 14.4 Å². The van der Waals surface area contributed by atoms with E-state index >= 15 is 0 Å². The smallest absolute Gasteiger partial charge is 0.270 e. The predicted octanol–water partition coefficient (Wildman–Crippen LogP) is 2.73. The summed E-state index contributed by atoms with van der Waals surface area (Å²) in [5, 5.41) is 2.83. The molecule has 1 aliphatic heterocycles. The maximum Gasteiger partial charge on any atom is 0.270 e. The normalized spacial score (nSPS) is 13.5. The second-order valence-electron chi connectivity index (χ2n) is 7.72. The predicted molar refractivity (Wildman–Crippen MR) is 124 cm³/mol. The highest BCUT2D eigenvalue weighted by Gasteiger charge is 2.27. The van der Waals surface area contributed by atoms with Crippen molar-refractivity contribution in [3.63, 3.8) is 0 Å². The number of carbonyl (C=O) groups excluding carboxylic acids is 3. The van der Waals surface area contributed by atoms with E-state index in [4.69, 9.17) is 4.74 Å². The highest BCUT2D eigenvalue weighted by Crippen LogP contribution is 2.23. The Hall–Kier alpha value is -4.07. The monoisotopic (exact) mass is 446 g/mol. The van der Waals surface area contributed by atoms with Crippen molar-refractivity contribution in [2.45, 2.75) is 6.54 Å². The molecule has 3 aromatic rings. The van der Waals surface area contributed by atoms with Crippen LogP contribution in [0.2, 0.25) is 0 Å². The molecule has 1 aliphatic rings. The van der Waals surface area contributed by atoms with Crippen LogP contribution >= 0.6 is 0 Å². The minimum Gasteiger partial charge on any atom is -0.495 e. The van der Waals surface area contributed by atoms with Gasteiger partial charge in [-0.3, -0.25) is 14.4 Å². The fraction of sp³-hybridized carbons (Fsp3) is 0.240. The molecule has 0 spiro atoms. The van der Waals surface area contributed by atoms with E-state index in [0.29, 0.717) is 48.9 Å². The third-order valence-corrected chi connectivity index (χ3v) is 5.62. The molecule has 1 N–H and O–H groups in total. The van der Waals surface area contributed by atoms with Gasteiger partial charge >= 0.3 is 0 Å². The molecule has 3 amide bonds. The van der Waals surface area contributed by atoms with Gasteiger partial charge in [0.25, 0.3) is 11.8 Å². The number of ether oxygens (including phenoxy) is 1. The summed E-state index contributed by atoms with van der Waals surface area (Å²) in [6, 6.07) is 19.8. The number of rotatable bonds is 6. The summed E-state index contributed by atoms with van der Waals surface area (Å²) in [6.45, 7) is 1.81. The van der Waals surface area contributed by atoms with Crippen LogP contribution in [-0.4, -0.2) is 65.4 Å². The van der Waals surface area contributed by atoms with Crippen molar-refractivity contribution in [3.05, 3.63) is 84.2 Å². The van der Waals surface area contributed by atoms with Gasteiger partial charge in [0.1, 0.15) is 18.0 Å². The number of benzene rings is 2. The van der Waals surface area contributed by atoms with E-state index in [1.807, 2.05) is 30.3 Å². The second-order valence-corrected chi connectivity index (χ2v) is 7.72. The Kier molecular flexibility index (Phi) is 6.73. The first-order valence-corrected chi connectivity index (χ1v) is 10.8. The maximum absolute atomic E-state index is 13.1. The van der Waals surface area contributed by atoms with E-state index in [1.54, 1.807) is 64.1 Å². The summed E-state index contributed by atoms with van der Waals surface area (Å²) in [5.41, 5.74) is 1.66. The molecule has 1 fully saturated rings. The molecule has 8 nitrogen and oxygen atoms in total. The molecule has 0 radical (unpaired) electrons. The Balaban J connectivity index is 1.36. The van der Waals surface area contributed by atoms with Crippen LogP contribution in [0.3, 0.4) is 0 Å². The highest BCUT2D eigenvalue weighted by atomic mass is 16.5. The molecule has 33 heavy (non-hydrogen) atoms. The van der Waals surface area contributed by atoms with Crippen molar-refractivity contribution in [1.29, 1.82) is 0 Å². The molecule has 0 atom stereocenters. The molecule has 2 heterocycles. The van der Waals surface area contributed by atoms with Crippen LogP contribution in [0.4, 0.5) is 5.69 Å². The number of hydrogen-bond acceptors (Lipinski definition) is 4. The van der Waals surface area contributed by atoms with E-state index in [1.165, 1.54) is 0 Å². The minimum atomic E-state index is -0.261. The standard InChI is InChI=1S/C25H26N4O4/c1-33-22-12-6-5-10-20(22)26-23(30)18-29-13-7-11-21(29)25(32)28-16-14-27(15-17-28)24(31)19-8-3-2-4-9-19/h2-13H,14-18H2,1H3,(H,26,30). The Morgan fingerprint density at radius 3 is 2.15 bits per heavy atom. The van der Waals surface area contributed by atoms with E-state index in [-0.39, 0.29) is 24.3 Å². The van der Waals surface area contributed by atoms with Crippen LogP contribution in [0, 0.1) is 0 Å². The molecule has 0 aliphatic carbocycles. The average Bonchev–Trinajstić information content (AvgIpc) is 3.32. The molecular formula is C25H26N4O4. The average molecular weight is 447 g/mol. The van der Waals surface area contributed by atoms with Gasteiger partial charge in [-0.1, -0.05) is 30.3 Å². The first-order valence-electron chi connectivity index (χ1n) is 10.8. The van der Waals surface area contributed by atoms with Crippen LogP contribution in [0.5, 0.6) is 5.75 Å². The lowest BCUT2D eigenvalue weighted by molar-refractivity contribution is -0.116. The number of methoxy groups -OCH3 is 1. The quantitative estimate of drug-likeness (QED) is 0.631. The number of nitrogens with zero attached hydrogens (tertiary/aromatic N) is 3. The van der Waals surface area contributed by atoms with Gasteiger partial charge in [-0.2, -0.15) is 0 Å². The molecule has 0 unspecified atom stereocenters. The number of para-hydroxylation sites is 2. The van der Waals surface area contributed by atoms with Gasteiger partial charge in [-0.05, 0) is 36.4 Å². The third-order valence-electron chi connectivity index (χ3n) is 5.62. The van der Waals surface area contributed by atoms with Crippen molar-refractivity contribution in [1.82, 2.24) is 14.4 Å². The van der Waals surface area contributed by atoms with Gasteiger partial charge < -0.3 is 24.4 Å². The molecular weight excluding hydrogens is 420 g/mol. The van der Waals surface area contributed by atoms with Gasteiger partial charge in [-0.15, -0.1) is 0 Å². The summed E-state index contributed by atoms with van der Waals surface area (Å²) >= 11 is 0. The van der Waals surface area contributed by atoms with E-state index < -0.39 is 0 Å². The molecule has 1 saturated heterocycles. The number of amides is 3. The van der Waals surface area contributed by atoms with Gasteiger partial charge in [0.15, 0.2) is 0 Å². The number of nitrogens with one attached hydrogen (secondary N) is 1. The number of carbonyl (C=O) groups is 3. The molecule has 4 rings (SSSR count). The lowest BCUT2D eigenvalue weighted by atomic mass is 10.2. The first kappa shape index (κ1) is 22.1. The zero-order valence-electron chi connectivity index (χ0n) is 18.4. The zero-order valence-corrected chi connectivity index (χ0v) is 18.4. The molecule has 2 aromatic carbocycles. The molecule has 0 saturated carbocycles. The van der Waals surface area contributed by atoms with Crippen molar-refractivity contribution < 1.29 is 19.1 Å². The highest BCUT2D eigenvalue weighted by molar-refractivity contribution is 5.96. The van der Waals surface area contributed by atoms with Gasteiger partial charge in [-0.25, -0.2) is 0 Å². The number of hydrogen-bond donors (Lipinski definition) is 1. The van der Waals surface area contributed by atoms with Gasteiger partial charge in [0.05, 0.1) is 12.8 Å². The molecule has 8 heteroatoms. The topological polar surface area (TPSA) is 83.9 Å². The Bertz CT molecular complexity index is 1130.